The highest BCUT2D eigenvalue weighted by atomic mass is 16.4. The Labute approximate surface area is 89.5 Å². The number of carboxylic acids is 1. The van der Waals surface area contributed by atoms with Crippen LogP contribution < -0.4 is 0 Å². The predicted octanol–water partition coefficient (Wildman–Crippen LogP) is 2.36. The number of benzene rings is 1. The molecule has 0 amide bonds. The number of aliphatic imine (C=N–C) groups is 1. The van der Waals surface area contributed by atoms with Gasteiger partial charge in [0.1, 0.15) is 6.04 Å². The summed E-state index contributed by atoms with van der Waals surface area (Å²) in [7, 11) is 0. The van der Waals surface area contributed by atoms with Crippen molar-refractivity contribution in [2.24, 2.45) is 4.99 Å². The zero-order valence-corrected chi connectivity index (χ0v) is 8.76. The van der Waals surface area contributed by atoms with Crippen molar-refractivity contribution in [1.82, 2.24) is 0 Å². The van der Waals surface area contributed by atoms with E-state index in [2.05, 4.69) is 4.99 Å². The lowest BCUT2D eigenvalue weighted by atomic mass is 10.2. The van der Waals surface area contributed by atoms with Gasteiger partial charge < -0.3 is 5.11 Å². The summed E-state index contributed by atoms with van der Waals surface area (Å²) in [6.07, 6.45) is 3.02. The van der Waals surface area contributed by atoms with E-state index in [9.17, 15) is 4.79 Å². The van der Waals surface area contributed by atoms with Crippen LogP contribution in [0.5, 0.6) is 0 Å². The Morgan fingerprint density at radius 1 is 1.47 bits per heavy atom. The number of carbonyl (C=O) groups is 1. The molecule has 80 valence electrons. The van der Waals surface area contributed by atoms with Crippen molar-refractivity contribution in [1.29, 1.82) is 0 Å². The molecule has 1 unspecified atom stereocenters. The van der Waals surface area contributed by atoms with Crippen LogP contribution in [0.25, 0.3) is 0 Å². The topological polar surface area (TPSA) is 49.7 Å². The molecule has 0 bridgehead atoms. The third-order valence-electron chi connectivity index (χ3n) is 2.05. The molecule has 0 aliphatic rings. The highest BCUT2D eigenvalue weighted by Gasteiger charge is 2.12. The van der Waals surface area contributed by atoms with Crippen molar-refractivity contribution in [2.75, 3.05) is 0 Å². The first-order valence-corrected chi connectivity index (χ1v) is 5.05. The summed E-state index contributed by atoms with van der Waals surface area (Å²) in [4.78, 5) is 14.9. The zero-order chi connectivity index (χ0) is 11.1. The lowest BCUT2D eigenvalue weighted by molar-refractivity contribution is -0.138. The number of nitrogens with zero attached hydrogens (tertiary/aromatic N) is 1. The normalized spacial score (nSPS) is 12.9. The minimum absolute atomic E-state index is 0.582. The molecular formula is C12H15NO2. The van der Waals surface area contributed by atoms with E-state index in [0.717, 1.165) is 12.0 Å². The van der Waals surface area contributed by atoms with Gasteiger partial charge in [-0.15, -0.1) is 0 Å². The monoisotopic (exact) mass is 205 g/mol. The summed E-state index contributed by atoms with van der Waals surface area (Å²) in [5.74, 6) is -0.857. The quantitative estimate of drug-likeness (QED) is 0.750. The number of aliphatic carboxylic acids is 1. The van der Waals surface area contributed by atoms with Crippen molar-refractivity contribution in [3.8, 4) is 0 Å². The Bertz CT molecular complexity index is 333. The Morgan fingerprint density at radius 3 is 2.67 bits per heavy atom. The van der Waals surface area contributed by atoms with Crippen LogP contribution in [-0.2, 0) is 4.79 Å². The molecule has 0 aliphatic heterocycles. The van der Waals surface area contributed by atoms with Crippen LogP contribution in [-0.4, -0.2) is 23.3 Å². The molecule has 0 fully saturated rings. The van der Waals surface area contributed by atoms with Crippen LogP contribution >= 0.6 is 0 Å². The van der Waals surface area contributed by atoms with Crippen molar-refractivity contribution < 1.29 is 9.90 Å². The first kappa shape index (κ1) is 11.4. The van der Waals surface area contributed by atoms with Gasteiger partial charge >= 0.3 is 5.97 Å². The molecule has 0 spiro atoms. The van der Waals surface area contributed by atoms with Gasteiger partial charge in [0.05, 0.1) is 0 Å². The van der Waals surface area contributed by atoms with Crippen molar-refractivity contribution in [3.05, 3.63) is 35.9 Å². The average molecular weight is 205 g/mol. The van der Waals surface area contributed by atoms with Crippen LogP contribution in [0, 0.1) is 0 Å². The maximum Gasteiger partial charge on any atom is 0.328 e. The van der Waals surface area contributed by atoms with E-state index in [1.807, 2.05) is 37.3 Å². The van der Waals surface area contributed by atoms with Crippen LogP contribution in [0.2, 0.25) is 0 Å². The van der Waals surface area contributed by atoms with Gasteiger partial charge in [0.25, 0.3) is 0 Å². The van der Waals surface area contributed by atoms with Gasteiger partial charge in [-0.3, -0.25) is 4.99 Å². The first-order chi connectivity index (χ1) is 7.24. The van der Waals surface area contributed by atoms with E-state index >= 15 is 0 Å². The fourth-order valence-electron chi connectivity index (χ4n) is 1.25. The van der Waals surface area contributed by atoms with Gasteiger partial charge in [-0.1, -0.05) is 43.7 Å². The van der Waals surface area contributed by atoms with E-state index in [0.29, 0.717) is 6.42 Å². The molecule has 0 heterocycles. The third-order valence-corrected chi connectivity index (χ3v) is 2.05. The SMILES string of the molecule is CCCC(N=Cc1ccccc1)C(=O)O. The van der Waals surface area contributed by atoms with Crippen LogP contribution in [0.4, 0.5) is 0 Å². The standard InChI is InChI=1S/C12H15NO2/c1-2-6-11(12(14)15)13-9-10-7-4-3-5-8-10/h3-5,7-9,11H,2,6H2,1H3,(H,14,15). The Morgan fingerprint density at radius 2 is 2.13 bits per heavy atom. The smallest absolute Gasteiger partial charge is 0.328 e. The second kappa shape index (κ2) is 5.96. The van der Waals surface area contributed by atoms with Crippen molar-refractivity contribution in [3.63, 3.8) is 0 Å². The van der Waals surface area contributed by atoms with Gasteiger partial charge in [0, 0.05) is 6.21 Å². The molecule has 3 heteroatoms. The Hall–Kier alpha value is -1.64. The van der Waals surface area contributed by atoms with E-state index < -0.39 is 12.0 Å². The maximum atomic E-state index is 10.8. The number of hydrogen-bond donors (Lipinski definition) is 1. The summed E-state index contributed by atoms with van der Waals surface area (Å²) in [5, 5.41) is 8.87. The molecule has 15 heavy (non-hydrogen) atoms. The Balaban J connectivity index is 2.65. The predicted molar refractivity (Wildman–Crippen MR) is 60.4 cm³/mol. The second-order valence-corrected chi connectivity index (χ2v) is 3.33. The van der Waals surface area contributed by atoms with Crippen LogP contribution in [0.1, 0.15) is 25.3 Å². The summed E-state index contributed by atoms with van der Waals surface area (Å²) < 4.78 is 0. The number of hydrogen-bond acceptors (Lipinski definition) is 2. The fourth-order valence-corrected chi connectivity index (χ4v) is 1.25. The molecule has 1 aromatic carbocycles. The molecule has 0 saturated carbocycles. The molecule has 1 rings (SSSR count). The minimum atomic E-state index is -0.857. The maximum absolute atomic E-state index is 10.8. The highest BCUT2D eigenvalue weighted by Crippen LogP contribution is 2.03. The van der Waals surface area contributed by atoms with Crippen molar-refractivity contribution >= 4 is 12.2 Å². The summed E-state index contributed by atoms with van der Waals surface area (Å²) >= 11 is 0. The fraction of sp³-hybridized carbons (Fsp3) is 0.333. The largest absolute Gasteiger partial charge is 0.480 e. The zero-order valence-electron chi connectivity index (χ0n) is 8.76. The third kappa shape index (κ3) is 3.94. The van der Waals surface area contributed by atoms with Crippen LogP contribution in [0.3, 0.4) is 0 Å². The van der Waals surface area contributed by atoms with E-state index in [1.165, 1.54) is 0 Å². The van der Waals surface area contributed by atoms with Gasteiger partial charge in [0.2, 0.25) is 0 Å². The molecule has 0 aliphatic carbocycles. The number of carboxylic acid groups (broad SMARTS) is 1. The lowest BCUT2D eigenvalue weighted by Crippen LogP contribution is -2.17. The Kier molecular flexibility index (Phi) is 4.54. The van der Waals surface area contributed by atoms with Gasteiger partial charge in [-0.05, 0) is 12.0 Å². The van der Waals surface area contributed by atoms with E-state index in [4.69, 9.17) is 5.11 Å². The lowest BCUT2D eigenvalue weighted by Gasteiger charge is -2.04. The molecule has 0 radical (unpaired) electrons. The highest BCUT2D eigenvalue weighted by molar-refractivity contribution is 5.83. The number of rotatable bonds is 5. The van der Waals surface area contributed by atoms with E-state index in [1.54, 1.807) is 6.21 Å². The van der Waals surface area contributed by atoms with Gasteiger partial charge in [-0.25, -0.2) is 4.79 Å². The first-order valence-electron chi connectivity index (χ1n) is 5.05. The molecule has 3 nitrogen and oxygen atoms in total. The average Bonchev–Trinajstić information content (AvgIpc) is 2.25. The van der Waals surface area contributed by atoms with E-state index in [-0.39, 0.29) is 0 Å². The molecular weight excluding hydrogens is 190 g/mol. The minimum Gasteiger partial charge on any atom is -0.480 e. The summed E-state index contributed by atoms with van der Waals surface area (Å²) in [5.41, 5.74) is 0.930. The molecule has 1 N–H and O–H groups in total. The second-order valence-electron chi connectivity index (χ2n) is 3.33. The molecule has 1 aromatic rings. The summed E-state index contributed by atoms with van der Waals surface area (Å²) in [6.45, 7) is 1.95. The van der Waals surface area contributed by atoms with Gasteiger partial charge in [0.15, 0.2) is 0 Å². The molecule has 0 aromatic heterocycles. The van der Waals surface area contributed by atoms with Crippen molar-refractivity contribution in [2.45, 2.75) is 25.8 Å². The molecule has 1 atom stereocenters. The summed E-state index contributed by atoms with van der Waals surface area (Å²) in [6, 6.07) is 8.89. The van der Waals surface area contributed by atoms with Gasteiger partial charge in [-0.2, -0.15) is 0 Å². The molecule has 0 saturated heterocycles. The van der Waals surface area contributed by atoms with Crippen LogP contribution in [0.15, 0.2) is 35.3 Å².